The predicted molar refractivity (Wildman–Crippen MR) is 54.3 cm³/mol. The fourth-order valence-corrected chi connectivity index (χ4v) is 0.941. The lowest BCUT2D eigenvalue weighted by Crippen LogP contribution is -2.09. The molecule has 2 heteroatoms. The van der Waals surface area contributed by atoms with E-state index >= 15 is 0 Å². The highest BCUT2D eigenvalue weighted by Crippen LogP contribution is 2.20. The van der Waals surface area contributed by atoms with Gasteiger partial charge in [0.1, 0.15) is 0 Å². The molecule has 0 N–H and O–H groups in total. The molecule has 0 fully saturated rings. The van der Waals surface area contributed by atoms with Gasteiger partial charge in [0.2, 0.25) is 0 Å². The van der Waals surface area contributed by atoms with E-state index in [0.717, 1.165) is 32.5 Å². The summed E-state index contributed by atoms with van der Waals surface area (Å²) in [5, 5.41) is 8.73. The van der Waals surface area contributed by atoms with Gasteiger partial charge < -0.3 is 4.74 Å². The molecule has 0 saturated heterocycles. The molecule has 0 radical (unpaired) electrons. The van der Waals surface area contributed by atoms with E-state index in [2.05, 4.69) is 12.6 Å². The Hall–Kier alpha value is -0.810. The topological polar surface area (TPSA) is 33.0 Å². The molecule has 0 saturated carbocycles. The third kappa shape index (κ3) is 7.55. The zero-order valence-corrected chi connectivity index (χ0v) is 8.68. The first-order valence-electron chi connectivity index (χ1n) is 4.72. The van der Waals surface area contributed by atoms with Gasteiger partial charge in [-0.2, -0.15) is 5.26 Å². The summed E-state index contributed by atoms with van der Waals surface area (Å²) in [4.78, 5) is 0. The first-order chi connectivity index (χ1) is 6.12. The highest BCUT2D eigenvalue weighted by atomic mass is 16.5. The van der Waals surface area contributed by atoms with E-state index < -0.39 is 0 Å². The Labute approximate surface area is 81.2 Å². The van der Waals surface area contributed by atoms with Crippen molar-refractivity contribution in [3.63, 3.8) is 0 Å². The van der Waals surface area contributed by atoms with Crippen LogP contribution < -0.4 is 0 Å². The average molecular weight is 181 g/mol. The van der Waals surface area contributed by atoms with Crippen molar-refractivity contribution in [2.24, 2.45) is 5.41 Å². The summed E-state index contributed by atoms with van der Waals surface area (Å²) >= 11 is 0. The Kier molecular flexibility index (Phi) is 6.26. The van der Waals surface area contributed by atoms with Crippen LogP contribution in [0.3, 0.4) is 0 Å². The second kappa shape index (κ2) is 6.68. The fraction of sp³-hybridized carbons (Fsp3) is 0.727. The van der Waals surface area contributed by atoms with Crippen molar-refractivity contribution in [3.8, 4) is 6.07 Å². The molecule has 0 aliphatic rings. The van der Waals surface area contributed by atoms with E-state index in [1.165, 1.54) is 0 Å². The maximum Gasteiger partial charge on any atom is 0.0683 e. The van der Waals surface area contributed by atoms with Gasteiger partial charge in [0.05, 0.1) is 11.5 Å². The minimum atomic E-state index is -0.207. The van der Waals surface area contributed by atoms with Crippen LogP contribution in [0.4, 0.5) is 0 Å². The number of ether oxygens (including phenoxy) is 1. The number of hydrogen-bond acceptors (Lipinski definition) is 2. The van der Waals surface area contributed by atoms with Gasteiger partial charge in [-0.3, -0.25) is 0 Å². The van der Waals surface area contributed by atoms with E-state index in [-0.39, 0.29) is 5.41 Å². The van der Waals surface area contributed by atoms with Crippen LogP contribution in [-0.4, -0.2) is 13.2 Å². The van der Waals surface area contributed by atoms with E-state index in [0.29, 0.717) is 0 Å². The molecule has 0 bridgehead atoms. The summed E-state index contributed by atoms with van der Waals surface area (Å²) in [6.45, 7) is 9.01. The largest absolute Gasteiger partial charge is 0.381 e. The van der Waals surface area contributed by atoms with Crippen molar-refractivity contribution in [2.75, 3.05) is 13.2 Å². The van der Waals surface area contributed by atoms with Crippen molar-refractivity contribution in [1.29, 1.82) is 5.26 Å². The van der Waals surface area contributed by atoms with E-state index in [9.17, 15) is 0 Å². The second-order valence-corrected chi connectivity index (χ2v) is 3.79. The summed E-state index contributed by atoms with van der Waals surface area (Å²) in [7, 11) is 0. The van der Waals surface area contributed by atoms with Gasteiger partial charge in [0.15, 0.2) is 0 Å². The highest BCUT2D eigenvalue weighted by molar-refractivity contribution is 4.91. The molecule has 13 heavy (non-hydrogen) atoms. The van der Waals surface area contributed by atoms with Crippen LogP contribution in [0.15, 0.2) is 12.7 Å². The molecule has 0 aromatic heterocycles. The van der Waals surface area contributed by atoms with Crippen LogP contribution in [0.2, 0.25) is 0 Å². The smallest absolute Gasteiger partial charge is 0.0683 e. The zero-order chi connectivity index (χ0) is 10.2. The Morgan fingerprint density at radius 1 is 1.46 bits per heavy atom. The number of rotatable bonds is 7. The molecular formula is C11H19NO. The minimum absolute atomic E-state index is 0.207. The standard InChI is InChI=1S/C11H19NO/c1-4-5-8-13-9-6-7-11(2,3)10-12/h4H,1,5-9H2,2-3H3. The summed E-state index contributed by atoms with van der Waals surface area (Å²) in [5.41, 5.74) is -0.207. The van der Waals surface area contributed by atoms with Gasteiger partial charge in [-0.25, -0.2) is 0 Å². The van der Waals surface area contributed by atoms with E-state index in [1.54, 1.807) is 0 Å². The third-order valence-electron chi connectivity index (χ3n) is 1.86. The first kappa shape index (κ1) is 12.2. The Morgan fingerprint density at radius 3 is 2.69 bits per heavy atom. The van der Waals surface area contributed by atoms with Crippen LogP contribution in [0.5, 0.6) is 0 Å². The van der Waals surface area contributed by atoms with Crippen LogP contribution in [0.25, 0.3) is 0 Å². The second-order valence-electron chi connectivity index (χ2n) is 3.79. The average Bonchev–Trinajstić information content (AvgIpc) is 2.11. The van der Waals surface area contributed by atoms with Crippen molar-refractivity contribution >= 4 is 0 Å². The van der Waals surface area contributed by atoms with Gasteiger partial charge in [-0.1, -0.05) is 6.08 Å². The summed E-state index contributed by atoms with van der Waals surface area (Å²) in [5.74, 6) is 0. The first-order valence-corrected chi connectivity index (χ1v) is 4.72. The Morgan fingerprint density at radius 2 is 2.15 bits per heavy atom. The van der Waals surface area contributed by atoms with Crippen LogP contribution >= 0.6 is 0 Å². The quantitative estimate of drug-likeness (QED) is 0.447. The molecule has 0 aromatic carbocycles. The highest BCUT2D eigenvalue weighted by Gasteiger charge is 2.15. The monoisotopic (exact) mass is 181 g/mol. The van der Waals surface area contributed by atoms with E-state index in [4.69, 9.17) is 10.00 Å². The zero-order valence-electron chi connectivity index (χ0n) is 8.68. The Bertz CT molecular complexity index is 179. The van der Waals surface area contributed by atoms with Crippen molar-refractivity contribution in [1.82, 2.24) is 0 Å². The third-order valence-corrected chi connectivity index (χ3v) is 1.86. The predicted octanol–water partition coefficient (Wildman–Crippen LogP) is 2.91. The lowest BCUT2D eigenvalue weighted by atomic mass is 9.90. The van der Waals surface area contributed by atoms with Gasteiger partial charge in [-0.15, -0.1) is 6.58 Å². The van der Waals surface area contributed by atoms with Crippen molar-refractivity contribution < 1.29 is 4.74 Å². The summed E-state index contributed by atoms with van der Waals surface area (Å²) < 4.78 is 5.33. The molecule has 0 unspecified atom stereocenters. The molecule has 0 spiro atoms. The number of nitriles is 1. The molecular weight excluding hydrogens is 162 g/mol. The maximum absolute atomic E-state index is 8.73. The molecule has 0 amide bonds. The lowest BCUT2D eigenvalue weighted by Gasteiger charge is -2.14. The summed E-state index contributed by atoms with van der Waals surface area (Å²) in [6, 6.07) is 2.27. The maximum atomic E-state index is 8.73. The molecule has 0 aromatic rings. The van der Waals surface area contributed by atoms with Gasteiger partial charge in [0.25, 0.3) is 0 Å². The molecule has 0 atom stereocenters. The molecule has 2 nitrogen and oxygen atoms in total. The normalized spacial score (nSPS) is 10.8. The fourth-order valence-electron chi connectivity index (χ4n) is 0.941. The minimum Gasteiger partial charge on any atom is -0.381 e. The van der Waals surface area contributed by atoms with Gasteiger partial charge >= 0.3 is 0 Å². The molecule has 0 rings (SSSR count). The van der Waals surface area contributed by atoms with Crippen molar-refractivity contribution in [3.05, 3.63) is 12.7 Å². The number of nitrogens with zero attached hydrogens (tertiary/aromatic N) is 1. The van der Waals surface area contributed by atoms with Crippen LogP contribution in [-0.2, 0) is 4.74 Å². The molecule has 0 heterocycles. The lowest BCUT2D eigenvalue weighted by molar-refractivity contribution is 0.129. The molecule has 0 aliphatic heterocycles. The van der Waals surface area contributed by atoms with Crippen LogP contribution in [0.1, 0.15) is 33.1 Å². The SMILES string of the molecule is C=CCCOCCCC(C)(C)C#N. The molecule has 0 aliphatic carbocycles. The van der Waals surface area contributed by atoms with Crippen LogP contribution in [0, 0.1) is 16.7 Å². The van der Waals surface area contributed by atoms with Gasteiger partial charge in [-0.05, 0) is 33.1 Å². The molecule has 74 valence electrons. The number of hydrogen-bond donors (Lipinski definition) is 0. The van der Waals surface area contributed by atoms with Gasteiger partial charge in [0, 0.05) is 13.2 Å². The Balaban J connectivity index is 3.27. The van der Waals surface area contributed by atoms with E-state index in [1.807, 2.05) is 19.9 Å². The summed E-state index contributed by atoms with van der Waals surface area (Å²) in [6.07, 6.45) is 4.61. The van der Waals surface area contributed by atoms with Crippen molar-refractivity contribution in [2.45, 2.75) is 33.1 Å².